The highest BCUT2D eigenvalue weighted by Crippen LogP contribution is 2.38. The predicted molar refractivity (Wildman–Crippen MR) is 56.3 cm³/mol. The molecular formula is C11H18N2O. The van der Waals surface area contributed by atoms with Crippen molar-refractivity contribution in [1.82, 2.24) is 4.98 Å². The summed E-state index contributed by atoms with van der Waals surface area (Å²) in [5, 5.41) is 3.37. The zero-order chi connectivity index (χ0) is 10.2. The van der Waals surface area contributed by atoms with Crippen LogP contribution < -0.4 is 5.32 Å². The molecule has 0 amide bonds. The van der Waals surface area contributed by atoms with Gasteiger partial charge < -0.3 is 9.73 Å². The van der Waals surface area contributed by atoms with Crippen LogP contribution in [0.2, 0.25) is 0 Å². The molecule has 1 aliphatic rings. The van der Waals surface area contributed by atoms with Crippen molar-refractivity contribution in [1.29, 1.82) is 0 Å². The molecule has 0 aliphatic heterocycles. The van der Waals surface area contributed by atoms with Gasteiger partial charge in [0.2, 0.25) is 0 Å². The zero-order valence-corrected chi connectivity index (χ0v) is 9.13. The van der Waals surface area contributed by atoms with E-state index in [1.807, 2.05) is 6.92 Å². The van der Waals surface area contributed by atoms with Gasteiger partial charge in [-0.2, -0.15) is 4.98 Å². The number of aromatic nitrogens is 1. The van der Waals surface area contributed by atoms with Crippen molar-refractivity contribution in [3.05, 3.63) is 12.0 Å². The maximum absolute atomic E-state index is 5.30. The first-order valence-corrected chi connectivity index (χ1v) is 5.26. The third-order valence-corrected chi connectivity index (χ3v) is 3.17. The van der Waals surface area contributed by atoms with E-state index >= 15 is 0 Å². The summed E-state index contributed by atoms with van der Waals surface area (Å²) in [5.74, 6) is 0. The molecule has 3 heteroatoms. The van der Waals surface area contributed by atoms with Crippen molar-refractivity contribution in [2.75, 3.05) is 5.32 Å². The van der Waals surface area contributed by atoms with E-state index < -0.39 is 0 Å². The van der Waals surface area contributed by atoms with Crippen LogP contribution in [-0.4, -0.2) is 11.0 Å². The summed E-state index contributed by atoms with van der Waals surface area (Å²) in [6.07, 6.45) is 5.48. The Labute approximate surface area is 84.9 Å². The average Bonchev–Trinajstić information content (AvgIpc) is 2.61. The van der Waals surface area contributed by atoms with E-state index in [2.05, 4.69) is 24.1 Å². The highest BCUT2D eigenvalue weighted by atomic mass is 16.4. The Hall–Kier alpha value is -0.990. The second-order valence-corrected chi connectivity index (χ2v) is 4.87. The van der Waals surface area contributed by atoms with Gasteiger partial charge >= 0.3 is 0 Å². The van der Waals surface area contributed by atoms with Crippen LogP contribution in [0.3, 0.4) is 0 Å². The summed E-state index contributed by atoms with van der Waals surface area (Å²) in [6.45, 7) is 6.54. The van der Waals surface area contributed by atoms with Crippen molar-refractivity contribution < 1.29 is 4.42 Å². The lowest BCUT2D eigenvalue weighted by Gasteiger charge is -2.26. The molecule has 0 spiro atoms. The Morgan fingerprint density at radius 2 is 2.36 bits per heavy atom. The van der Waals surface area contributed by atoms with Crippen molar-refractivity contribution in [2.45, 2.75) is 46.1 Å². The van der Waals surface area contributed by atoms with Gasteiger partial charge in [0.25, 0.3) is 6.01 Å². The number of rotatable bonds is 2. The molecule has 1 saturated carbocycles. The summed E-state index contributed by atoms with van der Waals surface area (Å²) >= 11 is 0. The first kappa shape index (κ1) is 9.56. The fourth-order valence-corrected chi connectivity index (χ4v) is 2.16. The van der Waals surface area contributed by atoms with Gasteiger partial charge in [0.1, 0.15) is 6.26 Å². The van der Waals surface area contributed by atoms with Gasteiger partial charge in [-0.3, -0.25) is 0 Å². The molecule has 2 rings (SSSR count). The molecule has 0 aromatic carbocycles. The molecule has 1 aromatic heterocycles. The number of nitrogens with one attached hydrogen (secondary N) is 1. The lowest BCUT2D eigenvalue weighted by Crippen LogP contribution is -2.30. The lowest BCUT2D eigenvalue weighted by molar-refractivity contribution is 0.344. The minimum atomic E-state index is 0.363. The Morgan fingerprint density at radius 1 is 1.57 bits per heavy atom. The van der Waals surface area contributed by atoms with Gasteiger partial charge in [0, 0.05) is 6.04 Å². The smallest absolute Gasteiger partial charge is 0.294 e. The maximum atomic E-state index is 5.30. The molecule has 0 saturated heterocycles. The maximum Gasteiger partial charge on any atom is 0.294 e. The highest BCUT2D eigenvalue weighted by molar-refractivity contribution is 5.24. The van der Waals surface area contributed by atoms with Gasteiger partial charge in [-0.05, 0) is 25.2 Å². The van der Waals surface area contributed by atoms with Crippen LogP contribution in [0.15, 0.2) is 10.7 Å². The quantitative estimate of drug-likeness (QED) is 0.786. The molecule has 14 heavy (non-hydrogen) atoms. The molecular weight excluding hydrogens is 176 g/mol. The van der Waals surface area contributed by atoms with Crippen LogP contribution in [0, 0.1) is 12.3 Å². The molecule has 1 aromatic rings. The van der Waals surface area contributed by atoms with Crippen LogP contribution in [0.1, 0.15) is 38.8 Å². The van der Waals surface area contributed by atoms with Crippen molar-refractivity contribution >= 4 is 6.01 Å². The monoisotopic (exact) mass is 194 g/mol. The van der Waals surface area contributed by atoms with Gasteiger partial charge in [-0.1, -0.05) is 20.3 Å². The fraction of sp³-hybridized carbons (Fsp3) is 0.727. The topological polar surface area (TPSA) is 38.1 Å². The third-order valence-electron chi connectivity index (χ3n) is 3.17. The lowest BCUT2D eigenvalue weighted by atomic mass is 9.87. The number of hydrogen-bond donors (Lipinski definition) is 1. The molecule has 1 aliphatic carbocycles. The number of nitrogens with zero attached hydrogens (tertiary/aromatic N) is 1. The predicted octanol–water partition coefficient (Wildman–Crippen LogP) is 2.97. The summed E-state index contributed by atoms with van der Waals surface area (Å²) in [4.78, 5) is 4.26. The second kappa shape index (κ2) is 3.30. The van der Waals surface area contributed by atoms with Crippen LogP contribution in [0.4, 0.5) is 6.01 Å². The summed E-state index contributed by atoms with van der Waals surface area (Å²) in [5.41, 5.74) is 1.30. The number of oxazole rings is 1. The fourth-order valence-electron chi connectivity index (χ4n) is 2.16. The van der Waals surface area contributed by atoms with Gasteiger partial charge in [-0.25, -0.2) is 0 Å². The van der Waals surface area contributed by atoms with E-state index in [0.29, 0.717) is 17.5 Å². The van der Waals surface area contributed by atoms with Crippen molar-refractivity contribution in [2.24, 2.45) is 5.41 Å². The molecule has 1 unspecified atom stereocenters. The van der Waals surface area contributed by atoms with E-state index in [9.17, 15) is 0 Å². The zero-order valence-electron chi connectivity index (χ0n) is 9.13. The van der Waals surface area contributed by atoms with Crippen LogP contribution in [0.25, 0.3) is 0 Å². The molecule has 0 bridgehead atoms. The SMILES string of the molecule is Cc1coc(NC2CCCC2(C)C)n1. The minimum Gasteiger partial charge on any atom is -0.432 e. The van der Waals surface area contributed by atoms with E-state index in [0.717, 1.165) is 5.69 Å². The molecule has 1 N–H and O–H groups in total. The van der Waals surface area contributed by atoms with Crippen molar-refractivity contribution in [3.63, 3.8) is 0 Å². The Morgan fingerprint density at radius 3 is 2.86 bits per heavy atom. The standard InChI is InChI=1S/C11H18N2O/c1-8-7-14-10(12-8)13-9-5-4-6-11(9,2)3/h7,9H,4-6H2,1-3H3,(H,12,13). The van der Waals surface area contributed by atoms with E-state index in [1.54, 1.807) is 6.26 Å². The summed E-state index contributed by atoms with van der Waals surface area (Å²) in [6, 6.07) is 1.17. The van der Waals surface area contributed by atoms with Gasteiger partial charge in [-0.15, -0.1) is 0 Å². The first-order chi connectivity index (χ1) is 6.58. The van der Waals surface area contributed by atoms with Gasteiger partial charge in [0.05, 0.1) is 5.69 Å². The van der Waals surface area contributed by atoms with Gasteiger partial charge in [0.15, 0.2) is 0 Å². The molecule has 0 radical (unpaired) electrons. The Kier molecular flexibility index (Phi) is 2.25. The average molecular weight is 194 g/mol. The van der Waals surface area contributed by atoms with Crippen molar-refractivity contribution in [3.8, 4) is 0 Å². The third kappa shape index (κ3) is 1.76. The van der Waals surface area contributed by atoms with E-state index in [1.165, 1.54) is 19.3 Å². The largest absolute Gasteiger partial charge is 0.432 e. The second-order valence-electron chi connectivity index (χ2n) is 4.87. The Bertz CT molecular complexity index is 317. The normalized spacial score (nSPS) is 25.2. The van der Waals surface area contributed by atoms with Crippen LogP contribution in [0.5, 0.6) is 0 Å². The minimum absolute atomic E-state index is 0.363. The van der Waals surface area contributed by atoms with Crippen LogP contribution in [-0.2, 0) is 0 Å². The van der Waals surface area contributed by atoms with E-state index in [-0.39, 0.29) is 0 Å². The highest BCUT2D eigenvalue weighted by Gasteiger charge is 2.34. The molecule has 78 valence electrons. The molecule has 1 atom stereocenters. The summed E-state index contributed by atoms with van der Waals surface area (Å²) < 4.78 is 5.30. The molecule has 3 nitrogen and oxygen atoms in total. The summed E-state index contributed by atoms with van der Waals surface area (Å²) in [7, 11) is 0. The molecule has 1 fully saturated rings. The number of anilines is 1. The number of hydrogen-bond acceptors (Lipinski definition) is 3. The Balaban J connectivity index is 2.04. The first-order valence-electron chi connectivity index (χ1n) is 5.26. The number of aryl methyl sites for hydroxylation is 1. The molecule has 1 heterocycles. The van der Waals surface area contributed by atoms with Crippen LogP contribution >= 0.6 is 0 Å². The van der Waals surface area contributed by atoms with E-state index in [4.69, 9.17) is 4.42 Å².